The van der Waals surface area contributed by atoms with Gasteiger partial charge in [-0.1, -0.05) is 41.4 Å². The molecule has 30 heavy (non-hydrogen) atoms. The van der Waals surface area contributed by atoms with E-state index in [2.05, 4.69) is 5.32 Å². The van der Waals surface area contributed by atoms with Gasteiger partial charge in [0, 0.05) is 21.3 Å². The molecule has 0 bridgehead atoms. The molecule has 0 aromatic heterocycles. The van der Waals surface area contributed by atoms with Gasteiger partial charge < -0.3 is 15.0 Å². The van der Waals surface area contributed by atoms with Gasteiger partial charge in [0.2, 0.25) is 0 Å². The average Bonchev–Trinajstić information content (AvgIpc) is 2.73. The number of rotatable bonds is 4. The van der Waals surface area contributed by atoms with Gasteiger partial charge in [-0.15, -0.1) is 0 Å². The molecule has 1 atom stereocenters. The highest BCUT2D eigenvalue weighted by Gasteiger charge is 2.31. The van der Waals surface area contributed by atoms with Crippen LogP contribution in [0.2, 0.25) is 10.0 Å². The lowest BCUT2D eigenvalue weighted by molar-refractivity contribution is -0.125. The minimum atomic E-state index is -0.600. The van der Waals surface area contributed by atoms with Crippen LogP contribution in [-0.4, -0.2) is 17.9 Å². The van der Waals surface area contributed by atoms with Gasteiger partial charge in [0.05, 0.1) is 12.2 Å². The highest BCUT2D eigenvalue weighted by atomic mass is 35.5. The van der Waals surface area contributed by atoms with E-state index in [-0.39, 0.29) is 11.8 Å². The van der Waals surface area contributed by atoms with Crippen molar-refractivity contribution in [2.45, 2.75) is 19.6 Å². The molecule has 2 amide bonds. The Morgan fingerprint density at radius 2 is 1.80 bits per heavy atom. The minimum Gasteiger partial charge on any atom is -0.479 e. The largest absolute Gasteiger partial charge is 0.479 e. The summed E-state index contributed by atoms with van der Waals surface area (Å²) in [6.45, 7) is 2.08. The predicted molar refractivity (Wildman–Crippen MR) is 119 cm³/mol. The Bertz CT molecular complexity index is 1120. The molecule has 1 N–H and O–H groups in total. The maximum atomic E-state index is 12.8. The summed E-state index contributed by atoms with van der Waals surface area (Å²) in [4.78, 5) is 27.0. The van der Waals surface area contributed by atoms with E-state index >= 15 is 0 Å². The lowest BCUT2D eigenvalue weighted by Gasteiger charge is -2.33. The third-order valence-electron chi connectivity index (χ3n) is 4.77. The van der Waals surface area contributed by atoms with Crippen LogP contribution >= 0.6 is 23.2 Å². The molecule has 0 saturated heterocycles. The fourth-order valence-corrected chi connectivity index (χ4v) is 3.57. The summed E-state index contributed by atoms with van der Waals surface area (Å²) in [5.74, 6) is 0.130. The van der Waals surface area contributed by atoms with Crippen LogP contribution < -0.4 is 15.0 Å². The van der Waals surface area contributed by atoms with Gasteiger partial charge in [-0.05, 0) is 61.0 Å². The summed E-state index contributed by atoms with van der Waals surface area (Å²) in [7, 11) is 0. The molecule has 0 spiro atoms. The van der Waals surface area contributed by atoms with Crippen LogP contribution in [0.25, 0.3) is 0 Å². The lowest BCUT2D eigenvalue weighted by Crippen LogP contribution is -2.44. The zero-order valence-electron chi connectivity index (χ0n) is 16.1. The number of halogens is 2. The number of hydrogen-bond acceptors (Lipinski definition) is 3. The quantitative estimate of drug-likeness (QED) is 0.577. The second-order valence-corrected chi connectivity index (χ2v) is 7.83. The number of nitrogens with one attached hydrogen (secondary N) is 1. The highest BCUT2D eigenvalue weighted by molar-refractivity contribution is 6.31. The molecule has 4 rings (SSSR count). The van der Waals surface area contributed by atoms with Crippen molar-refractivity contribution < 1.29 is 14.3 Å². The van der Waals surface area contributed by atoms with Crippen molar-refractivity contribution in [3.05, 3.63) is 87.9 Å². The van der Waals surface area contributed by atoms with Crippen molar-refractivity contribution in [3.63, 3.8) is 0 Å². The number of ether oxygens (including phenoxy) is 1. The molecule has 3 aromatic carbocycles. The molecule has 1 unspecified atom stereocenters. The molecule has 152 valence electrons. The topological polar surface area (TPSA) is 58.6 Å². The standard InChI is InChI=1S/C23H18Cl2N2O3/c1-14-23(29)27(13-15-5-7-17(24)8-6-15)20-12-19(9-10-21(20)30-14)26-22(28)16-3-2-4-18(25)11-16/h2-12,14H,13H2,1H3,(H,26,28). The van der Waals surface area contributed by atoms with Crippen molar-refractivity contribution in [1.29, 1.82) is 0 Å². The monoisotopic (exact) mass is 440 g/mol. The van der Waals surface area contributed by atoms with Crippen molar-refractivity contribution in [2.24, 2.45) is 0 Å². The fourth-order valence-electron chi connectivity index (χ4n) is 3.25. The SMILES string of the molecule is CC1Oc2ccc(NC(=O)c3cccc(Cl)c3)cc2N(Cc2ccc(Cl)cc2)C1=O. The Hall–Kier alpha value is -3.02. The van der Waals surface area contributed by atoms with Crippen LogP contribution in [0, 0.1) is 0 Å². The van der Waals surface area contributed by atoms with Crippen LogP contribution in [0.1, 0.15) is 22.8 Å². The molecule has 0 aliphatic carbocycles. The third-order valence-corrected chi connectivity index (χ3v) is 5.25. The fraction of sp³-hybridized carbons (Fsp3) is 0.130. The van der Waals surface area contributed by atoms with Crippen LogP contribution in [0.3, 0.4) is 0 Å². The zero-order valence-corrected chi connectivity index (χ0v) is 17.6. The van der Waals surface area contributed by atoms with Gasteiger partial charge >= 0.3 is 0 Å². The van der Waals surface area contributed by atoms with E-state index in [4.69, 9.17) is 27.9 Å². The zero-order chi connectivity index (χ0) is 21.3. The molecule has 5 nitrogen and oxygen atoms in total. The van der Waals surface area contributed by atoms with Gasteiger partial charge in [0.15, 0.2) is 6.10 Å². The summed E-state index contributed by atoms with van der Waals surface area (Å²) in [6, 6.07) is 19.2. The molecular formula is C23H18Cl2N2O3. The minimum absolute atomic E-state index is 0.157. The van der Waals surface area contributed by atoms with E-state index < -0.39 is 6.10 Å². The Morgan fingerprint density at radius 1 is 1.03 bits per heavy atom. The van der Waals surface area contributed by atoms with Crippen LogP contribution in [0.15, 0.2) is 66.7 Å². The second kappa shape index (κ2) is 8.38. The molecule has 0 radical (unpaired) electrons. The number of carbonyl (C=O) groups is 2. The number of carbonyl (C=O) groups excluding carboxylic acids is 2. The summed E-state index contributed by atoms with van der Waals surface area (Å²) in [6.07, 6.45) is -0.600. The van der Waals surface area contributed by atoms with E-state index in [1.54, 1.807) is 66.4 Å². The molecule has 3 aromatic rings. The van der Waals surface area contributed by atoms with Gasteiger partial charge in [0.25, 0.3) is 11.8 Å². The smallest absolute Gasteiger partial charge is 0.268 e. The van der Waals surface area contributed by atoms with Crippen molar-refractivity contribution in [1.82, 2.24) is 0 Å². The van der Waals surface area contributed by atoms with Crippen LogP contribution in [0.5, 0.6) is 5.75 Å². The maximum absolute atomic E-state index is 12.8. The number of hydrogen-bond donors (Lipinski definition) is 1. The van der Waals surface area contributed by atoms with E-state index in [0.29, 0.717) is 39.3 Å². The number of amides is 2. The summed E-state index contributed by atoms with van der Waals surface area (Å²) in [5, 5.41) is 3.96. The predicted octanol–water partition coefficient (Wildman–Crippen LogP) is 5.56. The number of benzene rings is 3. The Morgan fingerprint density at radius 3 is 2.53 bits per heavy atom. The van der Waals surface area contributed by atoms with Crippen LogP contribution in [-0.2, 0) is 11.3 Å². The summed E-state index contributed by atoms with van der Waals surface area (Å²) in [5.41, 5.74) is 2.52. The maximum Gasteiger partial charge on any atom is 0.268 e. The van der Waals surface area contributed by atoms with Crippen molar-refractivity contribution in [3.8, 4) is 5.75 Å². The number of fused-ring (bicyclic) bond motifs is 1. The first-order valence-corrected chi connectivity index (χ1v) is 10.1. The van der Waals surface area contributed by atoms with E-state index in [1.165, 1.54) is 0 Å². The van der Waals surface area contributed by atoms with E-state index in [9.17, 15) is 9.59 Å². The second-order valence-electron chi connectivity index (χ2n) is 6.96. The van der Waals surface area contributed by atoms with Gasteiger partial charge in [-0.2, -0.15) is 0 Å². The van der Waals surface area contributed by atoms with Crippen LogP contribution in [0.4, 0.5) is 11.4 Å². The molecule has 1 heterocycles. The lowest BCUT2D eigenvalue weighted by atomic mass is 10.1. The molecule has 1 aliphatic heterocycles. The molecule has 1 aliphatic rings. The Kier molecular flexibility index (Phi) is 5.66. The Labute approximate surface area is 184 Å². The molecule has 7 heteroatoms. The average molecular weight is 441 g/mol. The first-order valence-electron chi connectivity index (χ1n) is 9.34. The van der Waals surface area contributed by atoms with E-state index in [0.717, 1.165) is 5.56 Å². The molecule has 0 saturated carbocycles. The molecular weight excluding hydrogens is 423 g/mol. The molecule has 0 fully saturated rings. The van der Waals surface area contributed by atoms with Gasteiger partial charge in [0.1, 0.15) is 5.75 Å². The first-order chi connectivity index (χ1) is 14.4. The Balaban J connectivity index is 1.63. The van der Waals surface area contributed by atoms with E-state index in [1.807, 2.05) is 12.1 Å². The third kappa shape index (κ3) is 4.27. The summed E-state index contributed by atoms with van der Waals surface area (Å²) >= 11 is 11.9. The van der Waals surface area contributed by atoms with Crippen molar-refractivity contribution in [2.75, 3.05) is 10.2 Å². The number of nitrogens with zero attached hydrogens (tertiary/aromatic N) is 1. The summed E-state index contributed by atoms with van der Waals surface area (Å²) < 4.78 is 5.75. The normalized spacial score (nSPS) is 15.4. The van der Waals surface area contributed by atoms with Gasteiger partial charge in [-0.25, -0.2) is 0 Å². The van der Waals surface area contributed by atoms with Gasteiger partial charge in [-0.3, -0.25) is 9.59 Å². The number of anilines is 2. The highest BCUT2D eigenvalue weighted by Crippen LogP contribution is 2.37. The first kappa shape index (κ1) is 20.3. The van der Waals surface area contributed by atoms with Crippen molar-refractivity contribution >= 4 is 46.4 Å².